The molecule has 2 rings (SSSR count). The molecule has 1 aromatic heterocycles. The van der Waals surface area contributed by atoms with Crippen LogP contribution in [0.25, 0.3) is 0 Å². The number of rotatable bonds is 4. The first-order valence-corrected chi connectivity index (χ1v) is 7.94. The first-order chi connectivity index (χ1) is 9.84. The third kappa shape index (κ3) is 3.47. The van der Waals surface area contributed by atoms with Gasteiger partial charge in [-0.15, -0.1) is 5.10 Å². The van der Waals surface area contributed by atoms with Crippen molar-refractivity contribution in [2.24, 2.45) is 0 Å². The zero-order chi connectivity index (χ0) is 15.6. The number of benzene rings is 1. The van der Waals surface area contributed by atoms with Crippen molar-refractivity contribution in [2.45, 2.75) is 46.1 Å². The van der Waals surface area contributed by atoms with Gasteiger partial charge >= 0.3 is 0 Å². The second kappa shape index (κ2) is 6.20. The SMILES string of the molecule is CCNC(c1ccc(C)c(F)c1)c1snnc1C(C)(C)C. The highest BCUT2D eigenvalue weighted by Crippen LogP contribution is 2.34. The Morgan fingerprint density at radius 1 is 1.33 bits per heavy atom. The molecule has 0 saturated heterocycles. The van der Waals surface area contributed by atoms with Crippen LogP contribution in [0.15, 0.2) is 18.2 Å². The summed E-state index contributed by atoms with van der Waals surface area (Å²) in [5.41, 5.74) is 2.46. The molecule has 0 aliphatic heterocycles. The normalized spacial score (nSPS) is 13.4. The summed E-state index contributed by atoms with van der Waals surface area (Å²) in [5, 5.41) is 7.72. The number of halogens is 1. The summed E-state index contributed by atoms with van der Waals surface area (Å²) >= 11 is 1.38. The van der Waals surface area contributed by atoms with Crippen molar-refractivity contribution in [3.63, 3.8) is 0 Å². The van der Waals surface area contributed by atoms with Crippen molar-refractivity contribution in [3.8, 4) is 0 Å². The van der Waals surface area contributed by atoms with Crippen molar-refractivity contribution in [2.75, 3.05) is 6.54 Å². The number of aromatic nitrogens is 2. The molecule has 5 heteroatoms. The van der Waals surface area contributed by atoms with Crippen LogP contribution in [-0.4, -0.2) is 16.1 Å². The van der Waals surface area contributed by atoms with E-state index in [9.17, 15) is 4.39 Å². The summed E-state index contributed by atoms with van der Waals surface area (Å²) in [5.74, 6) is -0.176. The van der Waals surface area contributed by atoms with Crippen LogP contribution in [0.3, 0.4) is 0 Å². The Kier molecular flexibility index (Phi) is 4.74. The van der Waals surface area contributed by atoms with Crippen LogP contribution in [0, 0.1) is 12.7 Å². The number of nitrogens with one attached hydrogen (secondary N) is 1. The second-order valence-corrected chi connectivity index (χ2v) is 7.02. The van der Waals surface area contributed by atoms with Gasteiger partial charge in [0.25, 0.3) is 0 Å². The lowest BCUT2D eigenvalue weighted by Crippen LogP contribution is -2.25. The lowest BCUT2D eigenvalue weighted by atomic mass is 9.88. The summed E-state index contributed by atoms with van der Waals surface area (Å²) in [6, 6.07) is 5.33. The van der Waals surface area contributed by atoms with Crippen molar-refractivity contribution < 1.29 is 4.39 Å². The van der Waals surface area contributed by atoms with Gasteiger partial charge in [0, 0.05) is 5.41 Å². The van der Waals surface area contributed by atoms with E-state index in [0.717, 1.165) is 22.7 Å². The van der Waals surface area contributed by atoms with E-state index in [1.165, 1.54) is 11.5 Å². The molecule has 1 N–H and O–H groups in total. The lowest BCUT2D eigenvalue weighted by Gasteiger charge is -2.23. The largest absolute Gasteiger partial charge is 0.306 e. The fourth-order valence-corrected chi connectivity index (χ4v) is 3.23. The van der Waals surface area contributed by atoms with Gasteiger partial charge in [-0.2, -0.15) is 0 Å². The van der Waals surface area contributed by atoms with Crippen LogP contribution in [0.5, 0.6) is 0 Å². The molecule has 0 fully saturated rings. The minimum absolute atomic E-state index is 0.0701. The zero-order valence-electron chi connectivity index (χ0n) is 13.2. The predicted molar refractivity (Wildman–Crippen MR) is 85.3 cm³/mol. The van der Waals surface area contributed by atoms with Gasteiger partial charge in [-0.05, 0) is 42.2 Å². The predicted octanol–water partition coefficient (Wildman–Crippen LogP) is 3.98. The van der Waals surface area contributed by atoms with E-state index in [2.05, 4.69) is 35.7 Å². The van der Waals surface area contributed by atoms with Crippen LogP contribution >= 0.6 is 11.5 Å². The molecule has 0 saturated carbocycles. The van der Waals surface area contributed by atoms with E-state index in [1.807, 2.05) is 19.1 Å². The van der Waals surface area contributed by atoms with Gasteiger partial charge in [-0.3, -0.25) is 0 Å². The molecule has 0 aliphatic carbocycles. The van der Waals surface area contributed by atoms with E-state index < -0.39 is 0 Å². The van der Waals surface area contributed by atoms with Gasteiger partial charge in [-0.1, -0.05) is 44.3 Å². The quantitative estimate of drug-likeness (QED) is 0.928. The van der Waals surface area contributed by atoms with Gasteiger partial charge in [-0.25, -0.2) is 4.39 Å². The molecule has 1 aromatic carbocycles. The molecule has 0 aliphatic rings. The average Bonchev–Trinajstić information content (AvgIpc) is 2.88. The van der Waals surface area contributed by atoms with Crippen molar-refractivity contribution in [1.29, 1.82) is 0 Å². The van der Waals surface area contributed by atoms with E-state index in [-0.39, 0.29) is 17.3 Å². The minimum Gasteiger partial charge on any atom is -0.306 e. The van der Waals surface area contributed by atoms with Crippen LogP contribution in [0.2, 0.25) is 0 Å². The molecule has 2 aromatic rings. The molecule has 1 atom stereocenters. The van der Waals surface area contributed by atoms with Crippen LogP contribution in [-0.2, 0) is 5.41 Å². The summed E-state index contributed by atoms with van der Waals surface area (Å²) in [6.07, 6.45) is 0. The maximum absolute atomic E-state index is 13.9. The molecule has 1 heterocycles. The first kappa shape index (κ1) is 16.0. The van der Waals surface area contributed by atoms with Gasteiger partial charge < -0.3 is 5.32 Å². The molecular weight excluding hydrogens is 285 g/mol. The Morgan fingerprint density at radius 3 is 2.62 bits per heavy atom. The monoisotopic (exact) mass is 307 g/mol. The minimum atomic E-state index is -0.176. The fraction of sp³-hybridized carbons (Fsp3) is 0.500. The van der Waals surface area contributed by atoms with Gasteiger partial charge in [0.05, 0.1) is 16.6 Å². The van der Waals surface area contributed by atoms with E-state index >= 15 is 0 Å². The third-order valence-corrected chi connectivity index (χ3v) is 4.21. The maximum Gasteiger partial charge on any atom is 0.126 e. The molecular formula is C16H22FN3S. The summed E-state index contributed by atoms with van der Waals surface area (Å²) in [7, 11) is 0. The lowest BCUT2D eigenvalue weighted by molar-refractivity contribution is 0.541. The molecule has 0 radical (unpaired) electrons. The molecule has 21 heavy (non-hydrogen) atoms. The summed E-state index contributed by atoms with van der Waals surface area (Å²) in [4.78, 5) is 1.06. The summed E-state index contributed by atoms with van der Waals surface area (Å²) in [6.45, 7) is 11.0. The maximum atomic E-state index is 13.9. The summed E-state index contributed by atoms with van der Waals surface area (Å²) < 4.78 is 18.0. The standard InChI is InChI=1S/C16H22FN3S/c1-6-18-13(11-8-7-10(2)12(17)9-11)14-15(16(3,4)5)19-20-21-14/h7-9,13,18H,6H2,1-5H3. The topological polar surface area (TPSA) is 37.8 Å². The van der Waals surface area contributed by atoms with Gasteiger partial charge in [0.2, 0.25) is 0 Å². The fourth-order valence-electron chi connectivity index (χ4n) is 2.26. The third-order valence-electron chi connectivity index (χ3n) is 3.42. The molecule has 0 amide bonds. The average molecular weight is 307 g/mol. The van der Waals surface area contributed by atoms with E-state index in [1.54, 1.807) is 13.0 Å². The Morgan fingerprint density at radius 2 is 2.05 bits per heavy atom. The van der Waals surface area contributed by atoms with Crippen LogP contribution in [0.1, 0.15) is 55.4 Å². The Hall–Kier alpha value is -1.33. The smallest absolute Gasteiger partial charge is 0.126 e. The van der Waals surface area contributed by atoms with Crippen LogP contribution < -0.4 is 5.32 Å². The number of hydrogen-bond acceptors (Lipinski definition) is 4. The second-order valence-electron chi connectivity index (χ2n) is 6.24. The van der Waals surface area contributed by atoms with E-state index in [0.29, 0.717) is 5.56 Å². The van der Waals surface area contributed by atoms with Crippen molar-refractivity contribution in [1.82, 2.24) is 14.9 Å². The highest BCUT2D eigenvalue weighted by Gasteiger charge is 2.28. The molecule has 3 nitrogen and oxygen atoms in total. The Balaban J connectivity index is 2.49. The Labute approximate surface area is 129 Å². The first-order valence-electron chi connectivity index (χ1n) is 7.16. The Bertz CT molecular complexity index is 616. The number of hydrogen-bond donors (Lipinski definition) is 1. The number of nitrogens with zero attached hydrogens (tertiary/aromatic N) is 2. The number of aryl methyl sites for hydroxylation is 1. The van der Waals surface area contributed by atoms with Gasteiger partial charge in [0.1, 0.15) is 5.82 Å². The molecule has 0 spiro atoms. The zero-order valence-corrected chi connectivity index (χ0v) is 14.0. The van der Waals surface area contributed by atoms with Crippen molar-refractivity contribution >= 4 is 11.5 Å². The molecule has 0 bridgehead atoms. The molecule has 114 valence electrons. The van der Waals surface area contributed by atoms with Crippen molar-refractivity contribution in [3.05, 3.63) is 45.7 Å². The van der Waals surface area contributed by atoms with Gasteiger partial charge in [0.15, 0.2) is 0 Å². The van der Waals surface area contributed by atoms with E-state index in [4.69, 9.17) is 0 Å². The van der Waals surface area contributed by atoms with Crippen LogP contribution in [0.4, 0.5) is 4.39 Å². The molecule has 1 unspecified atom stereocenters. The highest BCUT2D eigenvalue weighted by molar-refractivity contribution is 7.05. The highest BCUT2D eigenvalue weighted by atomic mass is 32.1.